The lowest BCUT2D eigenvalue weighted by molar-refractivity contribution is 0.158. The van der Waals surface area contributed by atoms with Crippen molar-refractivity contribution in [2.24, 2.45) is 10.9 Å². The lowest BCUT2D eigenvalue weighted by Crippen LogP contribution is -2.22. The molecule has 8 heteroatoms. The topological polar surface area (TPSA) is 91.7 Å². The number of nitrogens with zero attached hydrogens (tertiary/aromatic N) is 3. The van der Waals surface area contributed by atoms with Gasteiger partial charge in [0.2, 0.25) is 5.95 Å². The predicted octanol–water partition coefficient (Wildman–Crippen LogP) is 3.68. The monoisotopic (exact) mass is 441 g/mol. The van der Waals surface area contributed by atoms with Gasteiger partial charge in [-0.05, 0) is 51.2 Å². The van der Waals surface area contributed by atoms with Crippen LogP contribution in [-0.2, 0) is 4.74 Å². The number of allylic oxidation sites excluding steroid dienone is 3. The Hall–Kier alpha value is -2.16. The minimum Gasteiger partial charge on any atom is -0.396 e. The van der Waals surface area contributed by atoms with Gasteiger partial charge in [0.25, 0.3) is 0 Å². The van der Waals surface area contributed by atoms with Gasteiger partial charge in [-0.1, -0.05) is 30.0 Å². The van der Waals surface area contributed by atoms with Crippen LogP contribution >= 0.6 is 11.8 Å². The Morgan fingerprint density at radius 2 is 2.16 bits per heavy atom. The highest BCUT2D eigenvalue weighted by atomic mass is 32.2. The van der Waals surface area contributed by atoms with Crippen molar-refractivity contribution in [2.45, 2.75) is 45.2 Å². The molecule has 1 aliphatic heterocycles. The summed E-state index contributed by atoms with van der Waals surface area (Å²) in [5, 5.41) is 17.4. The van der Waals surface area contributed by atoms with E-state index in [2.05, 4.69) is 34.9 Å². The van der Waals surface area contributed by atoms with Gasteiger partial charge in [0.15, 0.2) is 0 Å². The van der Waals surface area contributed by atoms with Crippen molar-refractivity contribution >= 4 is 28.6 Å². The molecule has 2 bridgehead atoms. The maximum atomic E-state index is 9.54. The number of aliphatic imine (C=N–C) groups is 1. The molecule has 3 unspecified atom stereocenters. The third kappa shape index (κ3) is 5.56. The number of fused-ring (bicyclic) bond motifs is 1. The van der Waals surface area contributed by atoms with Crippen molar-refractivity contribution in [3.8, 4) is 0 Å². The number of aryl methyl sites for hydroxylation is 1. The van der Waals surface area contributed by atoms with E-state index in [-0.39, 0.29) is 18.7 Å². The molecule has 0 saturated heterocycles. The average Bonchev–Trinajstić information content (AvgIpc) is 3.14. The van der Waals surface area contributed by atoms with Crippen molar-refractivity contribution < 1.29 is 9.84 Å². The number of aromatic nitrogens is 2. The van der Waals surface area contributed by atoms with Crippen LogP contribution in [0.4, 0.5) is 11.8 Å². The molecule has 0 amide bonds. The molecule has 166 valence electrons. The number of thioether (sulfide) groups is 1. The number of rotatable bonds is 9. The molecule has 1 aromatic rings. The van der Waals surface area contributed by atoms with Crippen LogP contribution in [0.2, 0.25) is 0 Å². The summed E-state index contributed by atoms with van der Waals surface area (Å²) in [7, 11) is 0. The van der Waals surface area contributed by atoms with Gasteiger partial charge < -0.3 is 20.5 Å². The zero-order valence-corrected chi connectivity index (χ0v) is 19.0. The maximum absolute atomic E-state index is 9.54. The molecule has 3 atom stereocenters. The number of anilines is 2. The van der Waals surface area contributed by atoms with E-state index in [1.165, 1.54) is 4.91 Å². The summed E-state index contributed by atoms with van der Waals surface area (Å²) in [6.07, 6.45) is 13.5. The first-order chi connectivity index (χ1) is 15.2. The van der Waals surface area contributed by atoms with Gasteiger partial charge in [-0.25, -0.2) is 4.98 Å². The van der Waals surface area contributed by atoms with Crippen molar-refractivity contribution in [3.05, 3.63) is 46.5 Å². The minimum atomic E-state index is 0.0303. The molecule has 4 rings (SSSR count). The number of hydrogen-bond acceptors (Lipinski definition) is 8. The Bertz CT molecular complexity index is 911. The number of hydrogen-bond donors (Lipinski definition) is 3. The largest absolute Gasteiger partial charge is 0.396 e. The van der Waals surface area contributed by atoms with Gasteiger partial charge in [-0.2, -0.15) is 4.98 Å². The fourth-order valence-corrected chi connectivity index (χ4v) is 5.20. The molecule has 2 heterocycles. The van der Waals surface area contributed by atoms with Crippen molar-refractivity contribution in [1.29, 1.82) is 0 Å². The van der Waals surface area contributed by atoms with E-state index in [1.807, 2.05) is 19.9 Å². The third-order valence-corrected chi connectivity index (χ3v) is 6.68. The first kappa shape index (κ1) is 22.0. The van der Waals surface area contributed by atoms with E-state index in [0.29, 0.717) is 31.6 Å². The third-order valence-electron chi connectivity index (χ3n) is 5.67. The van der Waals surface area contributed by atoms with Gasteiger partial charge in [0, 0.05) is 30.7 Å². The van der Waals surface area contributed by atoms with Crippen molar-refractivity contribution in [2.75, 3.05) is 37.0 Å². The Balaban J connectivity index is 1.62. The van der Waals surface area contributed by atoms with Crippen LogP contribution in [0.3, 0.4) is 0 Å². The quantitative estimate of drug-likeness (QED) is 0.504. The van der Waals surface area contributed by atoms with Crippen LogP contribution in [0.5, 0.6) is 0 Å². The summed E-state index contributed by atoms with van der Waals surface area (Å²) in [5.41, 5.74) is 1.86. The molecule has 1 saturated carbocycles. The average molecular weight is 442 g/mol. The number of ether oxygens (including phenoxy) is 1. The normalized spacial score (nSPS) is 24.5. The van der Waals surface area contributed by atoms with E-state index in [9.17, 15) is 5.11 Å². The highest BCUT2D eigenvalue weighted by Crippen LogP contribution is 2.36. The SMILES string of the molecule is CCOCCNc1nc(C)c(C2=NC3C=CC=CC(=C3)S2)c(NC2CCC(CO)C2)n1. The van der Waals surface area contributed by atoms with Crippen LogP contribution in [0.15, 0.2) is 40.3 Å². The molecule has 0 radical (unpaired) electrons. The van der Waals surface area contributed by atoms with Crippen LogP contribution in [0, 0.1) is 12.8 Å². The highest BCUT2D eigenvalue weighted by molar-refractivity contribution is 8.17. The molecular formula is C23H31N5O2S. The first-order valence-corrected chi connectivity index (χ1v) is 11.9. The van der Waals surface area contributed by atoms with E-state index in [0.717, 1.165) is 41.4 Å². The fourth-order valence-electron chi connectivity index (χ4n) is 4.10. The lowest BCUT2D eigenvalue weighted by Gasteiger charge is -2.22. The zero-order valence-electron chi connectivity index (χ0n) is 18.2. The molecule has 7 nitrogen and oxygen atoms in total. The first-order valence-electron chi connectivity index (χ1n) is 11.1. The molecule has 1 aromatic heterocycles. The molecule has 0 aromatic carbocycles. The summed E-state index contributed by atoms with van der Waals surface area (Å²) in [6, 6.07) is 0.319. The highest BCUT2D eigenvalue weighted by Gasteiger charge is 2.28. The van der Waals surface area contributed by atoms with Gasteiger partial charge in [0.1, 0.15) is 10.9 Å². The zero-order chi connectivity index (χ0) is 21.6. The van der Waals surface area contributed by atoms with Crippen molar-refractivity contribution in [3.63, 3.8) is 0 Å². The summed E-state index contributed by atoms with van der Waals surface area (Å²) in [4.78, 5) is 15.7. The lowest BCUT2D eigenvalue weighted by atomic mass is 10.1. The second-order valence-corrected chi connectivity index (χ2v) is 9.09. The molecule has 3 N–H and O–H groups in total. The van der Waals surface area contributed by atoms with E-state index in [4.69, 9.17) is 19.7 Å². The van der Waals surface area contributed by atoms with Crippen LogP contribution < -0.4 is 10.6 Å². The number of aliphatic hydroxyl groups is 1. The van der Waals surface area contributed by atoms with Crippen LogP contribution in [0.1, 0.15) is 37.4 Å². The van der Waals surface area contributed by atoms with Gasteiger partial charge in [-0.15, -0.1) is 0 Å². The number of aliphatic hydroxyl groups excluding tert-OH is 1. The smallest absolute Gasteiger partial charge is 0.224 e. The Kier molecular flexibility index (Phi) is 7.42. The van der Waals surface area contributed by atoms with E-state index >= 15 is 0 Å². The Morgan fingerprint density at radius 3 is 2.97 bits per heavy atom. The van der Waals surface area contributed by atoms with Crippen molar-refractivity contribution in [1.82, 2.24) is 9.97 Å². The maximum Gasteiger partial charge on any atom is 0.224 e. The van der Waals surface area contributed by atoms with Crippen LogP contribution in [0.25, 0.3) is 0 Å². The van der Waals surface area contributed by atoms with Crippen LogP contribution in [-0.4, -0.2) is 58.6 Å². The second kappa shape index (κ2) is 10.4. The van der Waals surface area contributed by atoms with Gasteiger partial charge >= 0.3 is 0 Å². The molecule has 2 aliphatic carbocycles. The Labute approximate surface area is 188 Å². The summed E-state index contributed by atoms with van der Waals surface area (Å²) in [5.74, 6) is 1.77. The molecule has 31 heavy (non-hydrogen) atoms. The van der Waals surface area contributed by atoms with Gasteiger partial charge in [-0.3, -0.25) is 4.99 Å². The fraction of sp³-hybridized carbons (Fsp3) is 0.522. The Morgan fingerprint density at radius 1 is 1.26 bits per heavy atom. The standard InChI is InChI=1S/C23H31N5O2S/c1-3-30-11-10-24-23-25-15(2)20(21(28-23)26-18-9-8-16(12-18)14-29)22-27-17-6-4-5-7-19(13-17)31-22/h4-7,13,16-18,29H,3,8-12,14H2,1-2H3,(H2,24,25,26,28). The number of nitrogens with one attached hydrogen (secondary N) is 2. The van der Waals surface area contributed by atoms with E-state index < -0.39 is 0 Å². The summed E-state index contributed by atoms with van der Waals surface area (Å²) >= 11 is 1.66. The molecule has 3 aliphatic rings. The molecule has 1 fully saturated rings. The molecule has 0 spiro atoms. The summed E-state index contributed by atoms with van der Waals surface area (Å²) in [6.45, 7) is 6.21. The predicted molar refractivity (Wildman–Crippen MR) is 128 cm³/mol. The van der Waals surface area contributed by atoms with E-state index in [1.54, 1.807) is 11.8 Å². The second-order valence-electron chi connectivity index (χ2n) is 8.02. The minimum absolute atomic E-state index is 0.0303. The summed E-state index contributed by atoms with van der Waals surface area (Å²) < 4.78 is 5.42. The molecular weight excluding hydrogens is 410 g/mol. The van der Waals surface area contributed by atoms with Gasteiger partial charge in [0.05, 0.1) is 23.9 Å².